The number of benzene rings is 3. The highest BCUT2D eigenvalue weighted by Crippen LogP contribution is 2.39. The van der Waals surface area contributed by atoms with E-state index in [1.807, 2.05) is 24.3 Å². The number of carbonyl (C=O) groups is 1. The summed E-state index contributed by atoms with van der Waals surface area (Å²) in [6.07, 6.45) is 5.55. The lowest BCUT2D eigenvalue weighted by atomic mass is 9.87. The van der Waals surface area contributed by atoms with Gasteiger partial charge in [0, 0.05) is 37.6 Å². The average Bonchev–Trinajstić information content (AvgIpc) is 2.88. The maximum Gasteiger partial charge on any atom is 0.310 e. The Bertz CT molecular complexity index is 1250. The molecule has 1 spiro atoms. The molecule has 3 aromatic carbocycles. The molecule has 0 bridgehead atoms. The van der Waals surface area contributed by atoms with E-state index < -0.39 is 10.5 Å². The van der Waals surface area contributed by atoms with Crippen molar-refractivity contribution >= 4 is 17.7 Å². The van der Waals surface area contributed by atoms with Crippen molar-refractivity contribution in [2.75, 3.05) is 19.7 Å². The van der Waals surface area contributed by atoms with E-state index in [9.17, 15) is 14.9 Å². The average molecular weight is 456 g/mol. The first-order chi connectivity index (χ1) is 16.5. The molecule has 2 aliphatic heterocycles. The monoisotopic (exact) mass is 456 g/mol. The first-order valence-corrected chi connectivity index (χ1v) is 11.2. The number of fused-ring (bicyclic) bond motifs is 1. The number of amides is 1. The Kier molecular flexibility index (Phi) is 5.76. The summed E-state index contributed by atoms with van der Waals surface area (Å²) in [5.41, 5.74) is 2.76. The minimum absolute atomic E-state index is 0.0966. The zero-order valence-electron chi connectivity index (χ0n) is 18.6. The maximum atomic E-state index is 12.7. The van der Waals surface area contributed by atoms with Gasteiger partial charge in [-0.25, -0.2) is 0 Å². The third-order valence-corrected chi connectivity index (χ3v) is 6.37. The molecule has 0 radical (unpaired) electrons. The molecule has 3 aromatic rings. The molecule has 1 saturated heterocycles. The summed E-state index contributed by atoms with van der Waals surface area (Å²) in [5.74, 6) is 0.752. The Morgan fingerprint density at radius 3 is 2.50 bits per heavy atom. The van der Waals surface area contributed by atoms with Crippen LogP contribution in [0.2, 0.25) is 0 Å². The number of nitro groups is 1. The van der Waals surface area contributed by atoms with Crippen LogP contribution in [0, 0.1) is 10.1 Å². The molecule has 0 N–H and O–H groups in total. The molecule has 5 rings (SSSR count). The number of nitrogens with zero attached hydrogens (tertiary/aromatic N) is 2. The Balaban J connectivity index is 1.20. The molecule has 1 fully saturated rings. The molecule has 0 saturated carbocycles. The summed E-state index contributed by atoms with van der Waals surface area (Å²) >= 11 is 0. The summed E-state index contributed by atoms with van der Waals surface area (Å²) in [7, 11) is 0. The van der Waals surface area contributed by atoms with Crippen LogP contribution in [0.15, 0.2) is 78.9 Å². The summed E-state index contributed by atoms with van der Waals surface area (Å²) in [4.78, 5) is 25.0. The molecular weight excluding hydrogens is 432 g/mol. The van der Waals surface area contributed by atoms with Crippen molar-refractivity contribution in [2.24, 2.45) is 0 Å². The largest absolute Gasteiger partial charge is 0.482 e. The van der Waals surface area contributed by atoms with Gasteiger partial charge in [0.1, 0.15) is 11.4 Å². The van der Waals surface area contributed by atoms with E-state index in [2.05, 4.69) is 36.4 Å². The molecule has 172 valence electrons. The van der Waals surface area contributed by atoms with E-state index in [-0.39, 0.29) is 24.0 Å². The second-order valence-corrected chi connectivity index (χ2v) is 8.51. The maximum absolute atomic E-state index is 12.7. The smallest absolute Gasteiger partial charge is 0.310 e. The van der Waals surface area contributed by atoms with Gasteiger partial charge in [-0.2, -0.15) is 0 Å². The molecule has 2 aliphatic rings. The highest BCUT2D eigenvalue weighted by atomic mass is 16.6. The van der Waals surface area contributed by atoms with Crippen LogP contribution >= 0.6 is 0 Å². The minimum atomic E-state index is -0.516. The first-order valence-electron chi connectivity index (χ1n) is 11.2. The van der Waals surface area contributed by atoms with Gasteiger partial charge in [0.2, 0.25) is 0 Å². The predicted octanol–water partition coefficient (Wildman–Crippen LogP) is 5.11. The van der Waals surface area contributed by atoms with Gasteiger partial charge in [-0.3, -0.25) is 14.9 Å². The predicted molar refractivity (Wildman–Crippen MR) is 129 cm³/mol. The van der Waals surface area contributed by atoms with Gasteiger partial charge in [-0.05, 0) is 35.4 Å². The molecule has 1 amide bonds. The van der Waals surface area contributed by atoms with Crippen LogP contribution in [0.25, 0.3) is 17.2 Å². The van der Waals surface area contributed by atoms with Gasteiger partial charge in [0.05, 0.1) is 4.92 Å². The van der Waals surface area contributed by atoms with Crippen molar-refractivity contribution in [3.63, 3.8) is 0 Å². The number of ether oxygens (including phenoxy) is 2. The quantitative estimate of drug-likeness (QED) is 0.394. The lowest BCUT2D eigenvalue weighted by molar-refractivity contribution is -0.385. The van der Waals surface area contributed by atoms with Crippen molar-refractivity contribution in [3.8, 4) is 22.6 Å². The Morgan fingerprint density at radius 1 is 1.00 bits per heavy atom. The summed E-state index contributed by atoms with van der Waals surface area (Å²) < 4.78 is 11.9. The fourth-order valence-corrected chi connectivity index (χ4v) is 4.44. The van der Waals surface area contributed by atoms with Crippen LogP contribution in [0.5, 0.6) is 11.5 Å². The fourth-order valence-electron chi connectivity index (χ4n) is 4.44. The van der Waals surface area contributed by atoms with Gasteiger partial charge in [-0.1, -0.05) is 54.6 Å². The van der Waals surface area contributed by atoms with Gasteiger partial charge in [0.25, 0.3) is 5.91 Å². The highest BCUT2D eigenvalue weighted by molar-refractivity contribution is 5.78. The van der Waals surface area contributed by atoms with Crippen LogP contribution in [-0.2, 0) is 4.79 Å². The summed E-state index contributed by atoms with van der Waals surface area (Å²) in [5, 5.41) is 11.1. The van der Waals surface area contributed by atoms with Gasteiger partial charge < -0.3 is 14.4 Å². The molecule has 0 atom stereocenters. The third-order valence-electron chi connectivity index (χ3n) is 6.37. The van der Waals surface area contributed by atoms with E-state index in [0.717, 1.165) is 22.4 Å². The Morgan fingerprint density at radius 2 is 1.74 bits per heavy atom. The number of nitro benzene ring substituents is 1. The number of para-hydroxylation sites is 2. The van der Waals surface area contributed by atoms with Crippen molar-refractivity contribution in [1.82, 2.24) is 4.90 Å². The second-order valence-electron chi connectivity index (χ2n) is 8.51. The van der Waals surface area contributed by atoms with Gasteiger partial charge >= 0.3 is 5.69 Å². The standard InChI is InChI=1S/C27H24N2O5/c30-26(19-33-25-9-5-4-8-23(25)29(31)32)28-16-14-27(15-17-28)13-12-22-18-21(10-11-24(22)34-27)20-6-2-1-3-7-20/h1-13,18H,14-17,19H2. The van der Waals surface area contributed by atoms with E-state index >= 15 is 0 Å². The molecular formula is C27H24N2O5. The Hall–Kier alpha value is -4.13. The molecule has 0 aromatic heterocycles. The number of rotatable bonds is 5. The number of hydrogen-bond acceptors (Lipinski definition) is 5. The topological polar surface area (TPSA) is 81.9 Å². The van der Waals surface area contributed by atoms with Crippen LogP contribution in [0.3, 0.4) is 0 Å². The first kappa shape index (κ1) is 21.7. The molecule has 7 heteroatoms. The fraction of sp³-hybridized carbons (Fsp3) is 0.222. The van der Waals surface area contributed by atoms with Crippen molar-refractivity contribution in [2.45, 2.75) is 18.4 Å². The Labute approximate surface area is 197 Å². The zero-order chi connectivity index (χ0) is 23.5. The molecule has 0 aliphatic carbocycles. The lowest BCUT2D eigenvalue weighted by Gasteiger charge is -2.42. The van der Waals surface area contributed by atoms with E-state index in [1.165, 1.54) is 12.1 Å². The third kappa shape index (κ3) is 4.37. The van der Waals surface area contributed by atoms with E-state index in [1.54, 1.807) is 17.0 Å². The van der Waals surface area contributed by atoms with Crippen LogP contribution in [-0.4, -0.2) is 41.0 Å². The summed E-state index contributed by atoms with van der Waals surface area (Å²) in [6, 6.07) is 22.5. The van der Waals surface area contributed by atoms with Gasteiger partial charge in [0.15, 0.2) is 12.4 Å². The lowest BCUT2D eigenvalue weighted by Crippen LogP contribution is -2.50. The number of piperidine rings is 1. The minimum Gasteiger partial charge on any atom is -0.482 e. The normalized spacial score (nSPS) is 15.9. The van der Waals surface area contributed by atoms with Crippen molar-refractivity contribution in [3.05, 3.63) is 94.6 Å². The number of hydrogen-bond donors (Lipinski definition) is 0. The molecule has 7 nitrogen and oxygen atoms in total. The zero-order valence-corrected chi connectivity index (χ0v) is 18.6. The van der Waals surface area contributed by atoms with Gasteiger partial charge in [-0.15, -0.1) is 0 Å². The second kappa shape index (κ2) is 9.02. The molecule has 2 heterocycles. The number of likely N-dealkylation sites (tertiary alicyclic amines) is 1. The van der Waals surface area contributed by atoms with Crippen molar-refractivity contribution in [1.29, 1.82) is 0 Å². The van der Waals surface area contributed by atoms with E-state index in [4.69, 9.17) is 9.47 Å². The summed E-state index contributed by atoms with van der Waals surface area (Å²) in [6.45, 7) is 0.821. The van der Waals surface area contributed by atoms with Crippen LogP contribution < -0.4 is 9.47 Å². The van der Waals surface area contributed by atoms with Crippen molar-refractivity contribution < 1.29 is 19.2 Å². The van der Waals surface area contributed by atoms with Crippen LogP contribution in [0.1, 0.15) is 18.4 Å². The van der Waals surface area contributed by atoms with E-state index in [0.29, 0.717) is 25.9 Å². The molecule has 0 unspecified atom stereocenters. The van der Waals surface area contributed by atoms with Crippen LogP contribution in [0.4, 0.5) is 5.69 Å². The highest BCUT2D eigenvalue weighted by Gasteiger charge is 2.38. The SMILES string of the molecule is O=C(COc1ccccc1[N+](=O)[O-])N1CCC2(C=Cc3cc(-c4ccccc4)ccc3O2)CC1. The molecule has 34 heavy (non-hydrogen) atoms. The number of carbonyl (C=O) groups excluding carboxylic acids is 1.